The van der Waals surface area contributed by atoms with E-state index in [2.05, 4.69) is 5.10 Å². The highest BCUT2D eigenvalue weighted by Crippen LogP contribution is 2.27. The van der Waals surface area contributed by atoms with Gasteiger partial charge in [-0.2, -0.15) is 5.10 Å². The molecule has 0 saturated carbocycles. The molecule has 0 radical (unpaired) electrons. The first-order valence-electron chi connectivity index (χ1n) is 6.36. The van der Waals surface area contributed by atoms with Gasteiger partial charge in [-0.15, -0.1) is 0 Å². The molecule has 0 aliphatic heterocycles. The molecule has 0 bridgehead atoms. The largest absolute Gasteiger partial charge is 0.452 e. The van der Waals surface area contributed by atoms with Crippen molar-refractivity contribution in [3.8, 4) is 0 Å². The Balaban J connectivity index is 2.09. The maximum atomic E-state index is 13.2. The van der Waals surface area contributed by atoms with Crippen LogP contribution >= 0.6 is 0 Å². The minimum absolute atomic E-state index is 0.237. The summed E-state index contributed by atoms with van der Waals surface area (Å²) in [4.78, 5) is 12.4. The van der Waals surface area contributed by atoms with Crippen molar-refractivity contribution in [3.63, 3.8) is 0 Å². The van der Waals surface area contributed by atoms with E-state index < -0.39 is 0 Å². The number of nitrogens with zero attached hydrogens (tertiary/aromatic N) is 2. The Morgan fingerprint density at radius 2 is 2.25 bits per heavy atom. The number of furan rings is 1. The third kappa shape index (κ3) is 1.91. The van der Waals surface area contributed by atoms with Crippen molar-refractivity contribution in [3.05, 3.63) is 53.3 Å². The molecule has 102 valence electrons. The lowest BCUT2D eigenvalue weighted by atomic mass is 10.1. The van der Waals surface area contributed by atoms with Crippen LogP contribution in [0.1, 0.15) is 28.6 Å². The van der Waals surface area contributed by atoms with E-state index in [-0.39, 0.29) is 17.4 Å². The van der Waals surface area contributed by atoms with Gasteiger partial charge >= 0.3 is 0 Å². The van der Waals surface area contributed by atoms with Gasteiger partial charge in [0.15, 0.2) is 5.76 Å². The van der Waals surface area contributed by atoms with Crippen LogP contribution in [0.5, 0.6) is 0 Å². The number of fused-ring (bicyclic) bond motifs is 1. The molecule has 5 heteroatoms. The third-order valence-corrected chi connectivity index (χ3v) is 3.33. The molecule has 2 aromatic heterocycles. The predicted octanol–water partition coefficient (Wildman–Crippen LogP) is 3.33. The van der Waals surface area contributed by atoms with Gasteiger partial charge < -0.3 is 4.42 Å². The number of carbonyl (C=O) groups is 1. The Bertz CT molecular complexity index is 801. The second-order valence-electron chi connectivity index (χ2n) is 4.61. The van der Waals surface area contributed by atoms with Crippen LogP contribution in [-0.4, -0.2) is 15.6 Å². The van der Waals surface area contributed by atoms with Gasteiger partial charge in [0.25, 0.3) is 0 Å². The Hall–Kier alpha value is -2.43. The molecule has 0 N–H and O–H groups in total. The number of rotatable bonds is 3. The summed E-state index contributed by atoms with van der Waals surface area (Å²) in [6.07, 6.45) is 3.19. The number of aryl methyl sites for hydroxylation is 2. The molecule has 0 unspecified atom stereocenters. The zero-order valence-electron chi connectivity index (χ0n) is 11.2. The Kier molecular flexibility index (Phi) is 2.89. The van der Waals surface area contributed by atoms with E-state index in [1.165, 1.54) is 18.3 Å². The molecule has 0 aliphatic carbocycles. The topological polar surface area (TPSA) is 48.0 Å². The van der Waals surface area contributed by atoms with Gasteiger partial charge in [-0.3, -0.25) is 9.48 Å². The molecule has 3 rings (SSSR count). The van der Waals surface area contributed by atoms with Gasteiger partial charge in [0.05, 0.1) is 11.8 Å². The summed E-state index contributed by atoms with van der Waals surface area (Å²) in [5, 5.41) is 4.82. The van der Waals surface area contributed by atoms with Crippen LogP contribution in [-0.2, 0) is 6.54 Å². The average molecular weight is 272 g/mol. The van der Waals surface area contributed by atoms with E-state index in [0.29, 0.717) is 23.3 Å². The van der Waals surface area contributed by atoms with Crippen LogP contribution in [0, 0.1) is 12.7 Å². The lowest BCUT2D eigenvalue weighted by Crippen LogP contribution is -2.00. The van der Waals surface area contributed by atoms with E-state index in [0.717, 1.165) is 5.39 Å². The van der Waals surface area contributed by atoms with Crippen molar-refractivity contribution < 1.29 is 13.6 Å². The number of carbonyl (C=O) groups excluding carboxylic acids is 1. The Morgan fingerprint density at radius 1 is 1.45 bits per heavy atom. The second kappa shape index (κ2) is 4.59. The van der Waals surface area contributed by atoms with Crippen LogP contribution in [0.2, 0.25) is 0 Å². The molecule has 0 aliphatic rings. The fraction of sp³-hybridized carbons (Fsp3) is 0.200. The summed E-state index contributed by atoms with van der Waals surface area (Å²) in [5.74, 6) is -0.385. The lowest BCUT2D eigenvalue weighted by Gasteiger charge is -1.94. The van der Waals surface area contributed by atoms with Crippen molar-refractivity contribution in [2.45, 2.75) is 20.4 Å². The van der Waals surface area contributed by atoms with Gasteiger partial charge in [-0.1, -0.05) is 0 Å². The maximum absolute atomic E-state index is 13.2. The predicted molar refractivity (Wildman–Crippen MR) is 72.2 cm³/mol. The Labute approximate surface area is 114 Å². The quantitative estimate of drug-likeness (QED) is 0.687. The first-order valence-corrected chi connectivity index (χ1v) is 6.36. The zero-order valence-corrected chi connectivity index (χ0v) is 11.2. The molecule has 1 aromatic carbocycles. The highest BCUT2D eigenvalue weighted by molar-refractivity contribution is 6.10. The van der Waals surface area contributed by atoms with Gasteiger partial charge in [-0.05, 0) is 26.0 Å². The van der Waals surface area contributed by atoms with Crippen molar-refractivity contribution in [2.24, 2.45) is 0 Å². The minimum atomic E-state index is -0.385. The number of aromatic nitrogens is 2. The van der Waals surface area contributed by atoms with E-state index in [4.69, 9.17) is 4.42 Å². The monoisotopic (exact) mass is 272 g/mol. The Morgan fingerprint density at radius 3 is 2.95 bits per heavy atom. The third-order valence-electron chi connectivity index (χ3n) is 3.33. The maximum Gasteiger partial charge on any atom is 0.231 e. The van der Waals surface area contributed by atoms with E-state index in [1.54, 1.807) is 23.9 Å². The van der Waals surface area contributed by atoms with Crippen LogP contribution in [0.3, 0.4) is 0 Å². The molecule has 0 saturated heterocycles. The first kappa shape index (κ1) is 12.6. The van der Waals surface area contributed by atoms with Crippen molar-refractivity contribution in [2.75, 3.05) is 0 Å². The summed E-state index contributed by atoms with van der Waals surface area (Å²) in [5.41, 5.74) is 1.57. The van der Waals surface area contributed by atoms with Crippen molar-refractivity contribution >= 4 is 16.8 Å². The molecule has 0 atom stereocenters. The number of hydrogen-bond donors (Lipinski definition) is 0. The number of benzene rings is 1. The zero-order chi connectivity index (χ0) is 14.3. The second-order valence-corrected chi connectivity index (χ2v) is 4.61. The lowest BCUT2D eigenvalue weighted by molar-refractivity contribution is 0.101. The van der Waals surface area contributed by atoms with Gasteiger partial charge in [0.2, 0.25) is 5.78 Å². The standard InChI is InChI=1S/C15H13FN2O2/c1-3-18-8-10(7-17-18)14(19)15-9(2)12-5-4-11(16)6-13(12)20-15/h4-8H,3H2,1-2H3. The average Bonchev–Trinajstić information content (AvgIpc) is 3.03. The van der Waals surface area contributed by atoms with E-state index in [9.17, 15) is 9.18 Å². The van der Waals surface area contributed by atoms with Crippen molar-refractivity contribution in [1.29, 1.82) is 0 Å². The number of ketones is 1. The molecular formula is C15H13FN2O2. The molecular weight excluding hydrogens is 259 g/mol. The molecule has 4 nitrogen and oxygen atoms in total. The fourth-order valence-electron chi connectivity index (χ4n) is 2.20. The highest BCUT2D eigenvalue weighted by atomic mass is 19.1. The summed E-state index contributed by atoms with van der Waals surface area (Å²) in [6.45, 7) is 4.43. The number of hydrogen-bond acceptors (Lipinski definition) is 3. The summed E-state index contributed by atoms with van der Waals surface area (Å²) in [7, 11) is 0. The van der Waals surface area contributed by atoms with Gasteiger partial charge in [-0.25, -0.2) is 4.39 Å². The van der Waals surface area contributed by atoms with Crippen LogP contribution in [0.25, 0.3) is 11.0 Å². The van der Waals surface area contributed by atoms with Crippen LogP contribution in [0.15, 0.2) is 35.0 Å². The summed E-state index contributed by atoms with van der Waals surface area (Å²) < 4.78 is 20.4. The molecule has 3 aromatic rings. The molecule has 20 heavy (non-hydrogen) atoms. The van der Waals surface area contributed by atoms with E-state index >= 15 is 0 Å². The number of halogens is 1. The van der Waals surface area contributed by atoms with Crippen LogP contribution < -0.4 is 0 Å². The summed E-state index contributed by atoms with van der Waals surface area (Å²) >= 11 is 0. The van der Waals surface area contributed by atoms with Crippen molar-refractivity contribution in [1.82, 2.24) is 9.78 Å². The first-order chi connectivity index (χ1) is 9.60. The molecule has 0 fully saturated rings. The van der Waals surface area contributed by atoms with Gasteiger partial charge in [0, 0.05) is 29.8 Å². The van der Waals surface area contributed by atoms with Crippen LogP contribution in [0.4, 0.5) is 4.39 Å². The molecule has 2 heterocycles. The van der Waals surface area contributed by atoms with E-state index in [1.807, 2.05) is 6.92 Å². The summed E-state index contributed by atoms with van der Waals surface area (Å²) in [6, 6.07) is 4.26. The molecule has 0 spiro atoms. The van der Waals surface area contributed by atoms with Gasteiger partial charge in [0.1, 0.15) is 11.4 Å². The smallest absolute Gasteiger partial charge is 0.231 e. The minimum Gasteiger partial charge on any atom is -0.452 e. The highest BCUT2D eigenvalue weighted by Gasteiger charge is 2.20. The molecule has 0 amide bonds. The SMILES string of the molecule is CCn1cc(C(=O)c2oc3cc(F)ccc3c2C)cn1. The normalized spacial score (nSPS) is 11.2. The fourth-order valence-corrected chi connectivity index (χ4v) is 2.20.